The minimum atomic E-state index is -3.42. The van der Waals surface area contributed by atoms with Crippen LogP contribution in [-0.2, 0) is 14.8 Å². The predicted molar refractivity (Wildman–Crippen MR) is 84.0 cm³/mol. The van der Waals surface area contributed by atoms with Crippen LogP contribution in [0.15, 0.2) is 24.3 Å². The van der Waals surface area contributed by atoms with Gasteiger partial charge in [-0.25, -0.2) is 8.42 Å². The van der Waals surface area contributed by atoms with E-state index in [0.717, 1.165) is 25.5 Å². The molecule has 0 unspecified atom stereocenters. The SMILES string of the molecule is CS(=O)(=O)N(CCNC(=O)C1CCC1)c1cccc(Cl)c1. The molecule has 1 fully saturated rings. The number of sulfonamides is 1. The fourth-order valence-corrected chi connectivity index (χ4v) is 3.32. The van der Waals surface area contributed by atoms with Crippen molar-refractivity contribution < 1.29 is 13.2 Å². The molecule has 5 nitrogen and oxygen atoms in total. The summed E-state index contributed by atoms with van der Waals surface area (Å²) in [6.07, 6.45) is 4.09. The number of benzene rings is 1. The van der Waals surface area contributed by atoms with Crippen molar-refractivity contribution in [2.24, 2.45) is 5.92 Å². The Labute approximate surface area is 130 Å². The zero-order valence-corrected chi connectivity index (χ0v) is 13.5. The number of hydrogen-bond donors (Lipinski definition) is 1. The van der Waals surface area contributed by atoms with Crippen LogP contribution in [0.4, 0.5) is 5.69 Å². The molecule has 2 rings (SSSR count). The van der Waals surface area contributed by atoms with Gasteiger partial charge in [0.25, 0.3) is 0 Å². The first-order valence-corrected chi connectivity index (χ1v) is 9.11. The Morgan fingerprint density at radius 1 is 1.43 bits per heavy atom. The molecular formula is C14H19ClN2O3S. The molecule has 7 heteroatoms. The maximum absolute atomic E-state index is 11.9. The van der Waals surface area contributed by atoms with Gasteiger partial charge in [0, 0.05) is 17.5 Å². The van der Waals surface area contributed by atoms with E-state index in [-0.39, 0.29) is 24.9 Å². The molecule has 0 saturated heterocycles. The van der Waals surface area contributed by atoms with E-state index in [1.165, 1.54) is 4.31 Å². The lowest BCUT2D eigenvalue weighted by Gasteiger charge is -2.26. The lowest BCUT2D eigenvalue weighted by Crippen LogP contribution is -2.41. The van der Waals surface area contributed by atoms with Gasteiger partial charge < -0.3 is 5.32 Å². The highest BCUT2D eigenvalue weighted by Crippen LogP contribution is 2.26. The highest BCUT2D eigenvalue weighted by molar-refractivity contribution is 7.92. The first-order chi connectivity index (χ1) is 9.88. The first-order valence-electron chi connectivity index (χ1n) is 6.89. The molecule has 1 amide bonds. The smallest absolute Gasteiger partial charge is 0.232 e. The second kappa shape index (κ2) is 6.66. The Hall–Kier alpha value is -1.27. The number of nitrogens with one attached hydrogen (secondary N) is 1. The van der Waals surface area contributed by atoms with Gasteiger partial charge in [-0.2, -0.15) is 0 Å². The number of hydrogen-bond acceptors (Lipinski definition) is 3. The molecule has 1 saturated carbocycles. The van der Waals surface area contributed by atoms with E-state index in [1.54, 1.807) is 24.3 Å². The lowest BCUT2D eigenvalue weighted by atomic mass is 9.85. The summed E-state index contributed by atoms with van der Waals surface area (Å²) in [5.41, 5.74) is 0.503. The molecule has 0 spiro atoms. The second-order valence-electron chi connectivity index (χ2n) is 5.23. The molecule has 0 atom stereocenters. The van der Waals surface area contributed by atoms with Crippen LogP contribution in [0, 0.1) is 5.92 Å². The number of carbonyl (C=O) groups excluding carboxylic acids is 1. The van der Waals surface area contributed by atoms with E-state index in [4.69, 9.17) is 11.6 Å². The van der Waals surface area contributed by atoms with Crippen molar-refractivity contribution in [1.82, 2.24) is 5.32 Å². The summed E-state index contributed by atoms with van der Waals surface area (Å²) in [6, 6.07) is 6.66. The zero-order valence-electron chi connectivity index (χ0n) is 11.9. The summed E-state index contributed by atoms with van der Waals surface area (Å²) in [4.78, 5) is 11.7. The average molecular weight is 331 g/mol. The van der Waals surface area contributed by atoms with Gasteiger partial charge in [0.15, 0.2) is 0 Å². The van der Waals surface area contributed by atoms with Gasteiger partial charge in [-0.1, -0.05) is 24.1 Å². The summed E-state index contributed by atoms with van der Waals surface area (Å²) in [5.74, 6) is 0.114. The number of anilines is 1. The Bertz CT molecular complexity index is 614. The predicted octanol–water partition coefficient (Wildman–Crippen LogP) is 2.02. The Kier molecular flexibility index (Phi) is 5.11. The topological polar surface area (TPSA) is 66.5 Å². The number of halogens is 1. The first kappa shape index (κ1) is 16.1. The van der Waals surface area contributed by atoms with E-state index in [1.807, 2.05) is 0 Å². The molecule has 0 aromatic heterocycles. The van der Waals surface area contributed by atoms with Crippen LogP contribution < -0.4 is 9.62 Å². The van der Waals surface area contributed by atoms with Gasteiger partial charge in [0.1, 0.15) is 0 Å². The Morgan fingerprint density at radius 2 is 2.14 bits per heavy atom. The fourth-order valence-electron chi connectivity index (χ4n) is 2.21. The van der Waals surface area contributed by atoms with Crippen molar-refractivity contribution in [2.75, 3.05) is 23.7 Å². The third-order valence-corrected chi connectivity index (χ3v) is 5.02. The van der Waals surface area contributed by atoms with Gasteiger partial charge in [0.2, 0.25) is 15.9 Å². The van der Waals surface area contributed by atoms with Crippen LogP contribution in [0.5, 0.6) is 0 Å². The van der Waals surface area contributed by atoms with E-state index in [2.05, 4.69) is 5.32 Å². The molecule has 21 heavy (non-hydrogen) atoms. The zero-order chi connectivity index (χ0) is 15.5. The average Bonchev–Trinajstić information content (AvgIpc) is 2.30. The van der Waals surface area contributed by atoms with Gasteiger partial charge >= 0.3 is 0 Å². The maximum Gasteiger partial charge on any atom is 0.232 e. The number of amides is 1. The third kappa shape index (κ3) is 4.35. The van der Waals surface area contributed by atoms with Crippen molar-refractivity contribution >= 4 is 33.2 Å². The summed E-state index contributed by atoms with van der Waals surface area (Å²) in [5, 5.41) is 3.27. The van der Waals surface area contributed by atoms with Gasteiger partial charge in [0.05, 0.1) is 18.5 Å². The van der Waals surface area contributed by atoms with Crippen LogP contribution in [0.25, 0.3) is 0 Å². The van der Waals surface area contributed by atoms with Crippen LogP contribution in [-0.4, -0.2) is 33.7 Å². The number of carbonyl (C=O) groups is 1. The van der Waals surface area contributed by atoms with E-state index < -0.39 is 10.0 Å². The molecule has 1 aliphatic rings. The monoisotopic (exact) mass is 330 g/mol. The Morgan fingerprint density at radius 3 is 2.67 bits per heavy atom. The lowest BCUT2D eigenvalue weighted by molar-refractivity contribution is -0.127. The highest BCUT2D eigenvalue weighted by atomic mass is 35.5. The molecule has 1 aromatic carbocycles. The molecule has 116 valence electrons. The van der Waals surface area contributed by atoms with Crippen LogP contribution >= 0.6 is 11.6 Å². The minimum Gasteiger partial charge on any atom is -0.354 e. The fraction of sp³-hybridized carbons (Fsp3) is 0.500. The molecule has 1 N–H and O–H groups in total. The van der Waals surface area contributed by atoms with Crippen LogP contribution in [0.2, 0.25) is 5.02 Å². The molecule has 0 radical (unpaired) electrons. The van der Waals surface area contributed by atoms with Crippen molar-refractivity contribution in [3.8, 4) is 0 Å². The molecular weight excluding hydrogens is 312 g/mol. The highest BCUT2D eigenvalue weighted by Gasteiger charge is 2.25. The van der Waals surface area contributed by atoms with Crippen molar-refractivity contribution in [1.29, 1.82) is 0 Å². The Balaban J connectivity index is 1.99. The van der Waals surface area contributed by atoms with Gasteiger partial charge in [-0.15, -0.1) is 0 Å². The number of rotatable bonds is 6. The van der Waals surface area contributed by atoms with Crippen LogP contribution in [0.3, 0.4) is 0 Å². The quantitative estimate of drug-likeness (QED) is 0.867. The molecule has 0 heterocycles. The maximum atomic E-state index is 11.9. The summed E-state index contributed by atoms with van der Waals surface area (Å²) < 4.78 is 25.0. The normalized spacial score (nSPS) is 15.3. The second-order valence-corrected chi connectivity index (χ2v) is 7.58. The van der Waals surface area contributed by atoms with E-state index in [0.29, 0.717) is 10.7 Å². The van der Waals surface area contributed by atoms with Gasteiger partial charge in [-0.05, 0) is 31.0 Å². The van der Waals surface area contributed by atoms with E-state index in [9.17, 15) is 13.2 Å². The molecule has 1 aromatic rings. The number of nitrogens with zero attached hydrogens (tertiary/aromatic N) is 1. The van der Waals surface area contributed by atoms with Crippen LogP contribution in [0.1, 0.15) is 19.3 Å². The van der Waals surface area contributed by atoms with Crippen molar-refractivity contribution in [2.45, 2.75) is 19.3 Å². The summed E-state index contributed by atoms with van der Waals surface area (Å²) in [6.45, 7) is 0.479. The summed E-state index contributed by atoms with van der Waals surface area (Å²) in [7, 11) is -3.42. The minimum absolute atomic E-state index is 0.0146. The van der Waals surface area contributed by atoms with Crippen molar-refractivity contribution in [3.63, 3.8) is 0 Å². The van der Waals surface area contributed by atoms with E-state index >= 15 is 0 Å². The third-order valence-electron chi connectivity index (χ3n) is 3.59. The largest absolute Gasteiger partial charge is 0.354 e. The van der Waals surface area contributed by atoms with Gasteiger partial charge in [-0.3, -0.25) is 9.10 Å². The van der Waals surface area contributed by atoms with Crippen molar-refractivity contribution in [3.05, 3.63) is 29.3 Å². The molecule has 0 aliphatic heterocycles. The standard InChI is InChI=1S/C14H19ClN2O3S/c1-21(19,20)17(13-7-3-6-12(15)10-13)9-8-16-14(18)11-4-2-5-11/h3,6-7,10-11H,2,4-5,8-9H2,1H3,(H,16,18). The molecule has 0 bridgehead atoms. The molecule has 1 aliphatic carbocycles. The summed E-state index contributed by atoms with van der Waals surface area (Å²) >= 11 is 5.90.